The van der Waals surface area contributed by atoms with Gasteiger partial charge in [0.1, 0.15) is 0 Å². The zero-order chi connectivity index (χ0) is 17.8. The van der Waals surface area contributed by atoms with Gasteiger partial charge in [0, 0.05) is 10.2 Å². The lowest BCUT2D eigenvalue weighted by atomic mass is 10.3. The number of hydrogen-bond acceptors (Lipinski definition) is 4. The minimum Gasteiger partial charge on any atom is -0.332 e. The number of nitrogens with one attached hydrogen (secondary N) is 4. The summed E-state index contributed by atoms with van der Waals surface area (Å²) < 4.78 is 22.0. The molecule has 0 bridgehead atoms. The molecular weight excluding hydrogens is 454 g/mol. The normalized spacial score (nSPS) is 11.5. The van der Waals surface area contributed by atoms with Gasteiger partial charge in [0.2, 0.25) is 0 Å². The van der Waals surface area contributed by atoms with Crippen LogP contribution in [-0.2, 0) is 9.13 Å². The molecule has 128 valence electrons. The van der Waals surface area contributed by atoms with Crippen molar-refractivity contribution in [3.05, 3.63) is 22.7 Å². The fourth-order valence-corrected chi connectivity index (χ4v) is 3.33. The molecule has 0 atom stereocenters. The Morgan fingerprint density at radius 3 is 1.87 bits per heavy atom. The topological polar surface area (TPSA) is 163 Å². The molecule has 1 rings (SSSR count). The first kappa shape index (κ1) is 20.4. The van der Waals surface area contributed by atoms with Gasteiger partial charge in [0.15, 0.2) is 10.2 Å². The first-order chi connectivity index (χ1) is 10.4. The summed E-state index contributed by atoms with van der Waals surface area (Å²) in [4.78, 5) is 34.9. The third-order valence-corrected chi connectivity index (χ3v) is 4.37. The van der Waals surface area contributed by atoms with Crippen LogP contribution in [0, 0.1) is 0 Å². The van der Waals surface area contributed by atoms with E-state index in [0.717, 1.165) is 0 Å². The standard InChI is InChI=1S/C8H11BrN4O6P2S2/c9-5-3-4(10-7(22)12-20(14,15)16)1-2-6(5)11-8(23)13-21(17,18)19/h1-3H,(H4,10,12,14,15,16,22)(H4,11,13,17,18,19,23). The maximum atomic E-state index is 10.8. The zero-order valence-electron chi connectivity index (χ0n) is 10.9. The van der Waals surface area contributed by atoms with Crippen LogP contribution in [-0.4, -0.2) is 29.8 Å². The van der Waals surface area contributed by atoms with Crippen molar-refractivity contribution in [1.29, 1.82) is 0 Å². The summed E-state index contributed by atoms with van der Waals surface area (Å²) in [6, 6.07) is 4.51. The van der Waals surface area contributed by atoms with E-state index in [1.165, 1.54) is 18.2 Å². The van der Waals surface area contributed by atoms with Crippen LogP contribution in [0.25, 0.3) is 0 Å². The van der Waals surface area contributed by atoms with Crippen LogP contribution in [0.15, 0.2) is 22.7 Å². The fraction of sp³-hybridized carbons (Fsp3) is 0. The Morgan fingerprint density at radius 2 is 1.43 bits per heavy atom. The molecule has 0 saturated heterocycles. The highest BCUT2D eigenvalue weighted by atomic mass is 79.9. The highest BCUT2D eigenvalue weighted by Gasteiger charge is 2.16. The Kier molecular flexibility index (Phi) is 7.08. The van der Waals surface area contributed by atoms with Crippen molar-refractivity contribution >= 4 is 77.5 Å². The van der Waals surface area contributed by atoms with Crippen molar-refractivity contribution in [3.63, 3.8) is 0 Å². The second kappa shape index (κ2) is 7.97. The van der Waals surface area contributed by atoms with E-state index in [1.807, 2.05) is 0 Å². The maximum Gasteiger partial charge on any atom is 0.429 e. The van der Waals surface area contributed by atoms with Gasteiger partial charge in [-0.1, -0.05) is 0 Å². The number of halogens is 1. The molecule has 0 saturated carbocycles. The SMILES string of the molecule is O=P(O)(O)NC(=S)Nc1ccc(NC(=S)NP(=O)(O)O)c(Br)c1. The predicted molar refractivity (Wildman–Crippen MR) is 96.9 cm³/mol. The number of hydrogen-bond donors (Lipinski definition) is 8. The lowest BCUT2D eigenvalue weighted by molar-refractivity contribution is 0.365. The molecule has 0 unspecified atom stereocenters. The van der Waals surface area contributed by atoms with Crippen molar-refractivity contribution in [2.45, 2.75) is 0 Å². The number of anilines is 2. The van der Waals surface area contributed by atoms with Gasteiger partial charge in [-0.3, -0.25) is 10.2 Å². The van der Waals surface area contributed by atoms with Crippen molar-refractivity contribution in [1.82, 2.24) is 10.2 Å². The van der Waals surface area contributed by atoms with Crippen LogP contribution in [0.5, 0.6) is 0 Å². The van der Waals surface area contributed by atoms with E-state index in [2.05, 4.69) is 26.6 Å². The molecule has 0 aliphatic carbocycles. The van der Waals surface area contributed by atoms with Crippen LogP contribution in [0.4, 0.5) is 11.4 Å². The molecule has 8 N–H and O–H groups in total. The summed E-state index contributed by atoms with van der Waals surface area (Å²) in [5, 5.41) is 8.17. The molecule has 10 nitrogen and oxygen atoms in total. The largest absolute Gasteiger partial charge is 0.429 e. The van der Waals surface area contributed by atoms with Crippen molar-refractivity contribution in [2.24, 2.45) is 0 Å². The van der Waals surface area contributed by atoms with E-state index in [1.54, 1.807) is 10.2 Å². The van der Waals surface area contributed by atoms with Gasteiger partial charge in [-0.2, -0.15) is 0 Å². The molecule has 0 aromatic heterocycles. The van der Waals surface area contributed by atoms with Crippen LogP contribution >= 0.6 is 55.9 Å². The van der Waals surface area contributed by atoms with Gasteiger partial charge in [0.25, 0.3) is 0 Å². The van der Waals surface area contributed by atoms with E-state index in [-0.39, 0.29) is 10.2 Å². The van der Waals surface area contributed by atoms with Gasteiger partial charge in [-0.25, -0.2) is 9.13 Å². The molecule has 15 heteroatoms. The molecule has 0 aliphatic rings. The molecular formula is C8H11BrN4O6P2S2. The van der Waals surface area contributed by atoms with Gasteiger partial charge >= 0.3 is 15.5 Å². The summed E-state index contributed by atoms with van der Waals surface area (Å²) in [7, 11) is -9.00. The van der Waals surface area contributed by atoms with E-state index in [4.69, 9.17) is 44.0 Å². The van der Waals surface area contributed by atoms with Gasteiger partial charge in [-0.05, 0) is 58.6 Å². The zero-order valence-corrected chi connectivity index (χ0v) is 15.9. The molecule has 0 heterocycles. The summed E-state index contributed by atoms with van der Waals surface area (Å²) >= 11 is 12.7. The summed E-state index contributed by atoms with van der Waals surface area (Å²) in [6.45, 7) is 0. The second-order valence-electron chi connectivity index (χ2n) is 3.91. The van der Waals surface area contributed by atoms with Crippen LogP contribution < -0.4 is 20.8 Å². The summed E-state index contributed by atoms with van der Waals surface area (Å²) in [6.07, 6.45) is 0. The van der Waals surface area contributed by atoms with Gasteiger partial charge in [-0.15, -0.1) is 0 Å². The molecule has 0 amide bonds. The number of thiocarbonyl (C=S) groups is 2. The highest BCUT2D eigenvalue weighted by molar-refractivity contribution is 9.10. The first-order valence-corrected chi connectivity index (χ1v) is 10.3. The van der Waals surface area contributed by atoms with E-state index < -0.39 is 15.5 Å². The summed E-state index contributed by atoms with van der Waals surface area (Å²) in [5.41, 5.74) is 0.803. The van der Waals surface area contributed by atoms with Crippen LogP contribution in [0.3, 0.4) is 0 Å². The minimum atomic E-state index is -4.50. The Bertz CT molecular complexity index is 723. The minimum absolute atomic E-state index is 0.273. The van der Waals surface area contributed by atoms with Crippen LogP contribution in [0.1, 0.15) is 0 Å². The van der Waals surface area contributed by atoms with Gasteiger partial charge in [0.05, 0.1) is 5.69 Å². The van der Waals surface area contributed by atoms with Crippen molar-refractivity contribution in [3.8, 4) is 0 Å². The molecule has 0 fully saturated rings. The maximum absolute atomic E-state index is 10.8. The molecule has 1 aromatic rings. The third kappa shape index (κ3) is 8.70. The average Bonchev–Trinajstić information content (AvgIpc) is 2.27. The highest BCUT2D eigenvalue weighted by Crippen LogP contribution is 2.31. The predicted octanol–water partition coefficient (Wildman–Crippen LogP) is 1.21. The lowest BCUT2D eigenvalue weighted by Gasteiger charge is -2.14. The molecule has 23 heavy (non-hydrogen) atoms. The third-order valence-electron chi connectivity index (χ3n) is 1.97. The van der Waals surface area contributed by atoms with Crippen molar-refractivity contribution < 1.29 is 28.7 Å². The van der Waals surface area contributed by atoms with Gasteiger partial charge < -0.3 is 30.2 Å². The van der Waals surface area contributed by atoms with Crippen molar-refractivity contribution in [2.75, 3.05) is 10.6 Å². The molecule has 0 radical (unpaired) electrons. The monoisotopic (exact) mass is 464 g/mol. The first-order valence-electron chi connectivity index (χ1n) is 5.45. The molecule has 1 aromatic carbocycles. The Labute approximate surface area is 149 Å². The Hall–Kier alpha value is -0.620. The van der Waals surface area contributed by atoms with E-state index >= 15 is 0 Å². The number of benzene rings is 1. The van der Waals surface area contributed by atoms with E-state index in [0.29, 0.717) is 15.8 Å². The van der Waals surface area contributed by atoms with Crippen LogP contribution in [0.2, 0.25) is 0 Å². The molecule has 0 spiro atoms. The van der Waals surface area contributed by atoms with E-state index in [9.17, 15) is 9.13 Å². The average molecular weight is 465 g/mol. The number of rotatable bonds is 4. The lowest BCUT2D eigenvalue weighted by Crippen LogP contribution is -2.26. The fourth-order valence-electron chi connectivity index (χ4n) is 1.27. The second-order valence-corrected chi connectivity index (χ2v) is 8.21. The smallest absolute Gasteiger partial charge is 0.332 e. The summed E-state index contributed by atoms with van der Waals surface area (Å²) in [5.74, 6) is 0. The Morgan fingerprint density at radius 1 is 0.957 bits per heavy atom. The molecule has 0 aliphatic heterocycles. The quantitative estimate of drug-likeness (QED) is 0.237. The Balaban J connectivity index is 2.75.